The highest BCUT2D eigenvalue weighted by molar-refractivity contribution is 6.26. The van der Waals surface area contributed by atoms with Crippen molar-refractivity contribution in [3.05, 3.63) is 194 Å². The van der Waals surface area contributed by atoms with Gasteiger partial charge in [-0.3, -0.25) is 4.57 Å². The van der Waals surface area contributed by atoms with Crippen molar-refractivity contribution in [3.63, 3.8) is 0 Å². The minimum atomic E-state index is 0.628. The van der Waals surface area contributed by atoms with Gasteiger partial charge in [0.1, 0.15) is 5.82 Å². The number of para-hydroxylation sites is 2. The molecule has 262 valence electrons. The van der Waals surface area contributed by atoms with Crippen molar-refractivity contribution >= 4 is 43.6 Å². The van der Waals surface area contributed by atoms with Crippen LogP contribution in [0.1, 0.15) is 0 Å². The second-order valence-electron chi connectivity index (χ2n) is 13.9. The first-order valence-corrected chi connectivity index (χ1v) is 18.7. The summed E-state index contributed by atoms with van der Waals surface area (Å²) >= 11 is 0. The number of pyridine rings is 1. The molecule has 0 atom stereocenters. The molecule has 4 heterocycles. The molecule has 7 aromatic carbocycles. The van der Waals surface area contributed by atoms with Crippen molar-refractivity contribution < 1.29 is 0 Å². The number of nitrogens with zero attached hydrogens (tertiary/aromatic N) is 6. The lowest BCUT2D eigenvalue weighted by Crippen LogP contribution is -2.00. The van der Waals surface area contributed by atoms with Gasteiger partial charge < -0.3 is 4.57 Å². The van der Waals surface area contributed by atoms with Crippen molar-refractivity contribution in [3.8, 4) is 56.9 Å². The van der Waals surface area contributed by atoms with Crippen molar-refractivity contribution in [1.82, 2.24) is 29.1 Å². The van der Waals surface area contributed by atoms with Crippen molar-refractivity contribution in [2.24, 2.45) is 0 Å². The van der Waals surface area contributed by atoms with Gasteiger partial charge in [0.05, 0.1) is 27.8 Å². The van der Waals surface area contributed by atoms with Crippen LogP contribution in [-0.4, -0.2) is 29.1 Å². The third kappa shape index (κ3) is 5.19. The summed E-state index contributed by atoms with van der Waals surface area (Å²) in [5.41, 5.74) is 10.4. The van der Waals surface area contributed by atoms with Crippen LogP contribution in [0.4, 0.5) is 0 Å². The van der Waals surface area contributed by atoms with E-state index in [1.807, 2.05) is 66.7 Å². The molecule has 6 heteroatoms. The van der Waals surface area contributed by atoms with Gasteiger partial charge in [-0.25, -0.2) is 19.9 Å². The Bertz CT molecular complexity index is 3160. The summed E-state index contributed by atoms with van der Waals surface area (Å²) < 4.78 is 4.71. The van der Waals surface area contributed by atoms with Crippen LogP contribution in [0.25, 0.3) is 101 Å². The summed E-state index contributed by atoms with van der Waals surface area (Å²) in [5, 5.41) is 4.75. The molecule has 11 aromatic rings. The normalized spacial score (nSPS) is 11.6. The smallest absolute Gasteiger partial charge is 0.164 e. The topological polar surface area (TPSA) is 61.4 Å². The summed E-state index contributed by atoms with van der Waals surface area (Å²) in [6.07, 6.45) is 0. The van der Waals surface area contributed by atoms with Crippen LogP contribution < -0.4 is 0 Å². The zero-order valence-electron chi connectivity index (χ0n) is 30.2. The van der Waals surface area contributed by atoms with Crippen molar-refractivity contribution in [2.45, 2.75) is 0 Å². The highest BCUT2D eigenvalue weighted by atomic mass is 15.1. The third-order valence-corrected chi connectivity index (χ3v) is 10.6. The summed E-state index contributed by atoms with van der Waals surface area (Å²) in [5.74, 6) is 2.80. The molecule has 11 rings (SSSR count). The van der Waals surface area contributed by atoms with Crippen LogP contribution in [0.2, 0.25) is 0 Å². The predicted octanol–water partition coefficient (Wildman–Crippen LogP) is 12.1. The van der Waals surface area contributed by atoms with E-state index in [1.54, 1.807) is 0 Å². The van der Waals surface area contributed by atoms with E-state index in [0.717, 1.165) is 61.5 Å². The fraction of sp³-hybridized carbons (Fsp3) is 0. The van der Waals surface area contributed by atoms with Gasteiger partial charge in [0.25, 0.3) is 0 Å². The Morgan fingerprint density at radius 3 is 1.45 bits per heavy atom. The number of benzene rings is 7. The molecule has 0 aliphatic carbocycles. The number of hydrogen-bond acceptors (Lipinski definition) is 4. The van der Waals surface area contributed by atoms with Crippen LogP contribution in [0.3, 0.4) is 0 Å². The molecule has 0 N–H and O–H groups in total. The maximum Gasteiger partial charge on any atom is 0.164 e. The standard InChI is InChI=1S/C50H32N6/c1-4-15-33(16-5-1)41-23-14-26-45(51-41)56-42-24-12-10-21-38(42)39-31-32-44-46(47(39)56)40-22-11-13-25-43(40)55(44)37-29-27-36(28-30-37)50-53-48(34-17-6-2-7-18-34)52-49(54-50)35-19-8-3-9-20-35/h1-32H. The lowest BCUT2D eigenvalue weighted by atomic mass is 10.1. The first-order chi connectivity index (χ1) is 27.8. The Labute approximate surface area is 322 Å². The minimum Gasteiger partial charge on any atom is -0.309 e. The van der Waals surface area contributed by atoms with Gasteiger partial charge in [-0.1, -0.05) is 140 Å². The van der Waals surface area contributed by atoms with Gasteiger partial charge in [0.2, 0.25) is 0 Å². The van der Waals surface area contributed by atoms with E-state index in [-0.39, 0.29) is 0 Å². The van der Waals surface area contributed by atoms with Gasteiger partial charge in [-0.15, -0.1) is 0 Å². The van der Waals surface area contributed by atoms with Gasteiger partial charge in [0, 0.05) is 49.5 Å². The van der Waals surface area contributed by atoms with Crippen molar-refractivity contribution in [2.75, 3.05) is 0 Å². The Balaban J connectivity index is 1.10. The summed E-state index contributed by atoms with van der Waals surface area (Å²) in [6.45, 7) is 0. The van der Waals surface area contributed by atoms with Crippen LogP contribution in [0.15, 0.2) is 194 Å². The SMILES string of the molecule is c1ccc(-c2cccc(-n3c4ccccc4c4ccc5c(c6ccccc6n5-c5ccc(-c6nc(-c7ccccc7)nc(-c7ccccc7)n6)cc5)c43)n2)cc1. The zero-order valence-corrected chi connectivity index (χ0v) is 30.2. The van der Waals surface area contributed by atoms with E-state index in [9.17, 15) is 0 Å². The Kier molecular flexibility index (Phi) is 7.38. The van der Waals surface area contributed by atoms with E-state index in [2.05, 4.69) is 137 Å². The molecule has 0 fully saturated rings. The number of hydrogen-bond donors (Lipinski definition) is 0. The maximum absolute atomic E-state index is 5.27. The second-order valence-corrected chi connectivity index (χ2v) is 13.9. The highest BCUT2D eigenvalue weighted by Gasteiger charge is 2.21. The molecule has 0 radical (unpaired) electrons. The van der Waals surface area contributed by atoms with Gasteiger partial charge in [-0.05, 0) is 54.6 Å². The summed E-state index contributed by atoms with van der Waals surface area (Å²) in [7, 11) is 0. The third-order valence-electron chi connectivity index (χ3n) is 10.6. The lowest BCUT2D eigenvalue weighted by Gasteiger charge is -2.11. The molecular formula is C50H32N6. The number of rotatable bonds is 6. The fourth-order valence-electron chi connectivity index (χ4n) is 8.04. The first-order valence-electron chi connectivity index (χ1n) is 18.7. The molecule has 0 saturated heterocycles. The largest absolute Gasteiger partial charge is 0.309 e. The summed E-state index contributed by atoms with van der Waals surface area (Å²) in [4.78, 5) is 20.1. The Morgan fingerprint density at radius 1 is 0.304 bits per heavy atom. The fourth-order valence-corrected chi connectivity index (χ4v) is 8.04. The molecule has 0 unspecified atom stereocenters. The van der Waals surface area contributed by atoms with E-state index in [1.165, 1.54) is 21.5 Å². The van der Waals surface area contributed by atoms with Crippen molar-refractivity contribution in [1.29, 1.82) is 0 Å². The van der Waals surface area contributed by atoms with Crippen LogP contribution in [0.5, 0.6) is 0 Å². The van der Waals surface area contributed by atoms with E-state index in [0.29, 0.717) is 17.5 Å². The molecule has 56 heavy (non-hydrogen) atoms. The van der Waals surface area contributed by atoms with Gasteiger partial charge in [0.15, 0.2) is 17.5 Å². The van der Waals surface area contributed by atoms with Crippen LogP contribution in [-0.2, 0) is 0 Å². The molecule has 0 aliphatic heterocycles. The van der Waals surface area contributed by atoms with Gasteiger partial charge >= 0.3 is 0 Å². The average Bonchev–Trinajstić information content (AvgIpc) is 3.80. The van der Waals surface area contributed by atoms with E-state index in [4.69, 9.17) is 19.9 Å². The Morgan fingerprint density at radius 2 is 0.821 bits per heavy atom. The second kappa shape index (κ2) is 13.0. The monoisotopic (exact) mass is 716 g/mol. The van der Waals surface area contributed by atoms with Gasteiger partial charge in [-0.2, -0.15) is 0 Å². The molecule has 0 spiro atoms. The molecule has 4 aromatic heterocycles. The Hall–Kier alpha value is -7.70. The molecule has 6 nitrogen and oxygen atoms in total. The maximum atomic E-state index is 5.27. The van der Waals surface area contributed by atoms with Crippen LogP contribution in [0, 0.1) is 0 Å². The molecule has 0 bridgehead atoms. The highest BCUT2D eigenvalue weighted by Crippen LogP contribution is 2.42. The minimum absolute atomic E-state index is 0.628. The first kappa shape index (κ1) is 31.8. The average molecular weight is 717 g/mol. The summed E-state index contributed by atoms with van der Waals surface area (Å²) in [6, 6.07) is 67.3. The number of fused-ring (bicyclic) bond motifs is 7. The zero-order chi connectivity index (χ0) is 37.0. The van der Waals surface area contributed by atoms with Crippen LogP contribution >= 0.6 is 0 Å². The predicted molar refractivity (Wildman–Crippen MR) is 228 cm³/mol. The lowest BCUT2D eigenvalue weighted by molar-refractivity contribution is 1.07. The molecule has 0 aliphatic rings. The molecular weight excluding hydrogens is 685 g/mol. The quantitative estimate of drug-likeness (QED) is 0.172. The van der Waals surface area contributed by atoms with E-state index < -0.39 is 0 Å². The number of aromatic nitrogens is 6. The molecule has 0 saturated carbocycles. The van der Waals surface area contributed by atoms with E-state index >= 15 is 0 Å². The molecule has 0 amide bonds.